The van der Waals surface area contributed by atoms with Gasteiger partial charge in [0.05, 0.1) is 6.61 Å². The maximum Gasteiger partial charge on any atom is 0.294 e. The lowest BCUT2D eigenvalue weighted by Gasteiger charge is -2.22. The summed E-state index contributed by atoms with van der Waals surface area (Å²) in [5.41, 5.74) is 4.50. The number of nitrogens with one attached hydrogen (secondary N) is 2. The molecular formula is C30H32FN5O3. The zero-order valence-electron chi connectivity index (χ0n) is 22.2. The van der Waals surface area contributed by atoms with Crippen molar-refractivity contribution in [2.24, 2.45) is 5.92 Å². The highest BCUT2D eigenvalue weighted by atomic mass is 19.1. The number of halogens is 1. The van der Waals surface area contributed by atoms with Crippen LogP contribution in [0.4, 0.5) is 10.2 Å². The molecule has 202 valence electrons. The number of pyridine rings is 1. The molecule has 2 aromatic carbocycles. The van der Waals surface area contributed by atoms with Gasteiger partial charge < -0.3 is 19.8 Å². The van der Waals surface area contributed by atoms with E-state index < -0.39 is 5.91 Å². The highest BCUT2D eigenvalue weighted by Gasteiger charge is 2.17. The van der Waals surface area contributed by atoms with Crippen LogP contribution in [0.2, 0.25) is 0 Å². The number of hydrogen-bond acceptors (Lipinski definition) is 6. The first-order chi connectivity index (χ1) is 19.0. The molecule has 0 saturated carbocycles. The molecule has 2 aromatic heterocycles. The van der Waals surface area contributed by atoms with Gasteiger partial charge in [-0.1, -0.05) is 24.3 Å². The van der Waals surface area contributed by atoms with Gasteiger partial charge in [0, 0.05) is 25.8 Å². The van der Waals surface area contributed by atoms with Crippen molar-refractivity contribution in [2.75, 3.05) is 25.1 Å². The van der Waals surface area contributed by atoms with Crippen LogP contribution in [0.1, 0.15) is 52.4 Å². The van der Waals surface area contributed by atoms with Gasteiger partial charge in [-0.05, 0) is 91.1 Å². The zero-order valence-corrected chi connectivity index (χ0v) is 22.2. The van der Waals surface area contributed by atoms with Crippen molar-refractivity contribution in [3.63, 3.8) is 0 Å². The summed E-state index contributed by atoms with van der Waals surface area (Å²) in [6, 6.07) is 14.4. The Morgan fingerprint density at radius 2 is 1.87 bits per heavy atom. The lowest BCUT2D eigenvalue weighted by Crippen LogP contribution is -2.17. The number of amides is 1. The number of carbonyl (C=O) groups is 1. The molecule has 0 bridgehead atoms. The zero-order chi connectivity index (χ0) is 27.2. The predicted molar refractivity (Wildman–Crippen MR) is 146 cm³/mol. The standard InChI is InChI=1S/C30H32FN5O3/c1-19-7-8-23(39-14-11-21-9-12-38-13-10-21)16-24(19)25-17-27(32-18-20(25)2)34-30(37)29-33-28(35-36-29)15-22-5-3-4-6-26(22)31/h3-8,16-18,21H,9-15H2,1-2H3,(H,32,34,37)(H,33,35,36). The number of hydrogen-bond donors (Lipinski definition) is 2. The van der Waals surface area contributed by atoms with Crippen molar-refractivity contribution < 1.29 is 18.7 Å². The minimum absolute atomic E-state index is 0.0290. The van der Waals surface area contributed by atoms with Gasteiger partial charge in [-0.2, -0.15) is 0 Å². The van der Waals surface area contributed by atoms with Crippen molar-refractivity contribution in [2.45, 2.75) is 39.5 Å². The summed E-state index contributed by atoms with van der Waals surface area (Å²) in [6.07, 6.45) is 5.13. The maximum absolute atomic E-state index is 14.0. The van der Waals surface area contributed by atoms with Gasteiger partial charge >= 0.3 is 0 Å². The number of aromatic amines is 1. The van der Waals surface area contributed by atoms with E-state index in [9.17, 15) is 9.18 Å². The second-order valence-electron chi connectivity index (χ2n) is 9.90. The van der Waals surface area contributed by atoms with E-state index in [2.05, 4.69) is 25.5 Å². The van der Waals surface area contributed by atoms with Crippen LogP contribution in [0.5, 0.6) is 5.75 Å². The van der Waals surface area contributed by atoms with E-state index in [1.54, 1.807) is 24.4 Å². The number of carbonyl (C=O) groups excluding carboxylic acids is 1. The minimum Gasteiger partial charge on any atom is -0.494 e. The summed E-state index contributed by atoms with van der Waals surface area (Å²) in [4.78, 5) is 20.1. The lowest BCUT2D eigenvalue weighted by molar-refractivity contribution is 0.0593. The maximum atomic E-state index is 14.0. The van der Waals surface area contributed by atoms with Crippen LogP contribution in [0, 0.1) is 25.6 Å². The first kappa shape index (κ1) is 26.5. The number of rotatable bonds is 9. The van der Waals surface area contributed by atoms with Gasteiger partial charge in [0.1, 0.15) is 23.2 Å². The Bertz CT molecular complexity index is 1450. The molecule has 4 aromatic rings. The van der Waals surface area contributed by atoms with Crippen molar-refractivity contribution in [1.82, 2.24) is 20.2 Å². The van der Waals surface area contributed by atoms with Crippen LogP contribution in [-0.2, 0) is 11.2 Å². The number of H-pyrrole nitrogens is 1. The van der Waals surface area contributed by atoms with Gasteiger partial charge in [-0.15, -0.1) is 10.2 Å². The topological polar surface area (TPSA) is 102 Å². The largest absolute Gasteiger partial charge is 0.494 e. The van der Waals surface area contributed by atoms with Crippen molar-refractivity contribution in [3.8, 4) is 16.9 Å². The van der Waals surface area contributed by atoms with Gasteiger partial charge in [0.25, 0.3) is 5.91 Å². The van der Waals surface area contributed by atoms with Crippen LogP contribution in [0.25, 0.3) is 11.1 Å². The van der Waals surface area contributed by atoms with Crippen molar-refractivity contribution in [1.29, 1.82) is 0 Å². The molecule has 0 spiro atoms. The Morgan fingerprint density at radius 3 is 2.69 bits per heavy atom. The predicted octanol–water partition coefficient (Wildman–Crippen LogP) is 5.66. The van der Waals surface area contributed by atoms with E-state index in [4.69, 9.17) is 9.47 Å². The SMILES string of the molecule is Cc1ccc(OCCC2CCOCC2)cc1-c1cc(NC(=O)c2nnc(Cc3ccccc3F)[nH]2)ncc1C. The number of anilines is 1. The molecular weight excluding hydrogens is 497 g/mol. The first-order valence-electron chi connectivity index (χ1n) is 13.2. The Hall–Kier alpha value is -4.11. The number of aromatic nitrogens is 4. The van der Waals surface area contributed by atoms with Crippen LogP contribution in [0.3, 0.4) is 0 Å². The summed E-state index contributed by atoms with van der Waals surface area (Å²) in [7, 11) is 0. The van der Waals surface area contributed by atoms with Gasteiger partial charge in [0.2, 0.25) is 5.82 Å². The summed E-state index contributed by atoms with van der Waals surface area (Å²) in [5, 5.41) is 10.7. The third kappa shape index (κ3) is 6.67. The van der Waals surface area contributed by atoms with Gasteiger partial charge in [-0.25, -0.2) is 9.37 Å². The molecule has 2 N–H and O–H groups in total. The molecule has 9 heteroatoms. The molecule has 0 unspecified atom stereocenters. The first-order valence-corrected chi connectivity index (χ1v) is 13.2. The summed E-state index contributed by atoms with van der Waals surface area (Å²) < 4.78 is 25.5. The number of nitrogens with zero attached hydrogens (tertiary/aromatic N) is 3. The number of aryl methyl sites for hydroxylation is 2. The third-order valence-electron chi connectivity index (χ3n) is 7.04. The smallest absolute Gasteiger partial charge is 0.294 e. The van der Waals surface area contributed by atoms with Crippen LogP contribution in [0.15, 0.2) is 54.7 Å². The minimum atomic E-state index is -0.480. The lowest BCUT2D eigenvalue weighted by atomic mass is 9.97. The van der Waals surface area contributed by atoms with Crippen molar-refractivity contribution in [3.05, 3.63) is 88.9 Å². The van der Waals surface area contributed by atoms with E-state index in [0.29, 0.717) is 29.7 Å². The number of benzene rings is 2. The number of ether oxygens (including phenoxy) is 2. The summed E-state index contributed by atoms with van der Waals surface area (Å²) >= 11 is 0. The van der Waals surface area contributed by atoms with E-state index in [1.165, 1.54) is 6.07 Å². The van der Waals surface area contributed by atoms with E-state index in [1.807, 2.05) is 38.1 Å². The summed E-state index contributed by atoms with van der Waals surface area (Å²) in [5.74, 6) is 1.46. The molecule has 0 radical (unpaired) electrons. The molecule has 0 atom stereocenters. The average Bonchev–Trinajstić information content (AvgIpc) is 3.41. The average molecular weight is 530 g/mol. The Kier molecular flexibility index (Phi) is 8.27. The fraction of sp³-hybridized carbons (Fsp3) is 0.333. The molecule has 1 aliphatic rings. The van der Waals surface area contributed by atoms with E-state index in [-0.39, 0.29) is 18.1 Å². The molecule has 1 amide bonds. The monoisotopic (exact) mass is 529 g/mol. The highest BCUT2D eigenvalue weighted by molar-refractivity contribution is 6.01. The molecule has 39 heavy (non-hydrogen) atoms. The molecule has 1 saturated heterocycles. The van der Waals surface area contributed by atoms with Gasteiger partial charge in [-0.3, -0.25) is 4.79 Å². The van der Waals surface area contributed by atoms with Crippen LogP contribution in [-0.4, -0.2) is 45.9 Å². The molecule has 8 nitrogen and oxygen atoms in total. The Balaban J connectivity index is 1.26. The molecule has 5 rings (SSSR count). The normalized spacial score (nSPS) is 13.8. The van der Waals surface area contributed by atoms with Crippen LogP contribution < -0.4 is 10.1 Å². The molecule has 3 heterocycles. The highest BCUT2D eigenvalue weighted by Crippen LogP contribution is 2.32. The molecule has 1 aliphatic heterocycles. The van der Waals surface area contributed by atoms with Gasteiger partial charge in [0.15, 0.2) is 0 Å². The second kappa shape index (κ2) is 12.2. The van der Waals surface area contributed by atoms with Crippen molar-refractivity contribution >= 4 is 11.7 Å². The quantitative estimate of drug-likeness (QED) is 0.290. The second-order valence-corrected chi connectivity index (χ2v) is 9.90. The third-order valence-corrected chi connectivity index (χ3v) is 7.04. The fourth-order valence-corrected chi connectivity index (χ4v) is 4.72. The fourth-order valence-electron chi connectivity index (χ4n) is 4.72. The molecule has 1 fully saturated rings. The Morgan fingerprint density at radius 1 is 1.08 bits per heavy atom. The van der Waals surface area contributed by atoms with Crippen LogP contribution >= 0.6 is 0 Å². The van der Waals surface area contributed by atoms with E-state index >= 15 is 0 Å². The molecule has 0 aliphatic carbocycles. The van der Waals surface area contributed by atoms with E-state index in [0.717, 1.165) is 60.5 Å². The summed E-state index contributed by atoms with van der Waals surface area (Å²) in [6.45, 7) is 6.37. The Labute approximate surface area is 227 Å².